The van der Waals surface area contributed by atoms with Crippen molar-refractivity contribution in [3.8, 4) is 0 Å². The molecular formula is C14H17Cl2NO3S. The van der Waals surface area contributed by atoms with Gasteiger partial charge in [-0.3, -0.25) is 4.79 Å². The SMILES string of the molecule is CCCC1CCN(C(=O)c2ccc(Cl)c(S(=O)(=O)Cl)c2)C1. The Bertz CT molecular complexity index is 646. The van der Waals surface area contributed by atoms with Gasteiger partial charge in [-0.15, -0.1) is 0 Å². The van der Waals surface area contributed by atoms with Crippen LogP contribution in [0.15, 0.2) is 23.1 Å². The number of benzene rings is 1. The summed E-state index contributed by atoms with van der Waals surface area (Å²) in [5, 5.41) is 0.0202. The molecule has 0 saturated carbocycles. The van der Waals surface area contributed by atoms with Crippen molar-refractivity contribution in [2.24, 2.45) is 5.92 Å². The topological polar surface area (TPSA) is 54.5 Å². The molecule has 2 rings (SSSR count). The van der Waals surface area contributed by atoms with Crippen molar-refractivity contribution in [1.29, 1.82) is 0 Å². The number of rotatable bonds is 4. The largest absolute Gasteiger partial charge is 0.338 e. The lowest BCUT2D eigenvalue weighted by Gasteiger charge is -2.17. The van der Waals surface area contributed by atoms with Gasteiger partial charge in [-0.2, -0.15) is 0 Å². The number of amides is 1. The normalized spacial score (nSPS) is 19.0. The van der Waals surface area contributed by atoms with E-state index in [-0.39, 0.29) is 15.8 Å². The number of nitrogens with zero attached hydrogens (tertiary/aromatic N) is 1. The summed E-state index contributed by atoms with van der Waals surface area (Å²) in [5.41, 5.74) is 0.302. The second-order valence-corrected chi connectivity index (χ2v) is 8.22. The van der Waals surface area contributed by atoms with Gasteiger partial charge in [0.15, 0.2) is 0 Å². The van der Waals surface area contributed by atoms with Crippen molar-refractivity contribution in [2.75, 3.05) is 13.1 Å². The number of carbonyl (C=O) groups is 1. The number of likely N-dealkylation sites (tertiary alicyclic amines) is 1. The van der Waals surface area contributed by atoms with Crippen molar-refractivity contribution in [1.82, 2.24) is 4.90 Å². The first-order chi connectivity index (χ1) is 9.82. The fourth-order valence-corrected chi connectivity index (χ4v) is 4.16. The lowest BCUT2D eigenvalue weighted by molar-refractivity contribution is 0.0786. The van der Waals surface area contributed by atoms with Crippen LogP contribution in [-0.2, 0) is 9.05 Å². The summed E-state index contributed by atoms with van der Waals surface area (Å²) in [6.07, 6.45) is 3.20. The Labute approximate surface area is 134 Å². The van der Waals surface area contributed by atoms with E-state index in [1.54, 1.807) is 4.90 Å². The number of hydrogen-bond donors (Lipinski definition) is 0. The smallest absolute Gasteiger partial charge is 0.262 e. The highest BCUT2D eigenvalue weighted by atomic mass is 35.7. The molecule has 1 unspecified atom stereocenters. The maximum atomic E-state index is 12.4. The standard InChI is InChI=1S/C14H17Cl2NO3S/c1-2-3-10-6-7-17(9-10)14(18)11-4-5-12(15)13(8-11)21(16,19)20/h4-5,8,10H,2-3,6-7,9H2,1H3. The Morgan fingerprint density at radius 1 is 1.43 bits per heavy atom. The van der Waals surface area contributed by atoms with Gasteiger partial charge in [0.25, 0.3) is 15.0 Å². The first-order valence-corrected chi connectivity index (χ1v) is 9.55. The number of hydrogen-bond acceptors (Lipinski definition) is 3. The minimum atomic E-state index is -3.96. The van der Waals surface area contributed by atoms with Crippen LogP contribution in [0.2, 0.25) is 5.02 Å². The summed E-state index contributed by atoms with van der Waals surface area (Å²) in [7, 11) is 1.36. The van der Waals surface area contributed by atoms with Gasteiger partial charge in [0.05, 0.1) is 5.02 Å². The molecule has 1 aromatic rings. The molecule has 1 amide bonds. The van der Waals surface area contributed by atoms with Crippen LogP contribution in [0.3, 0.4) is 0 Å². The van der Waals surface area contributed by atoms with E-state index in [0.717, 1.165) is 25.8 Å². The van der Waals surface area contributed by atoms with Gasteiger partial charge >= 0.3 is 0 Å². The molecule has 1 aliphatic heterocycles. The minimum absolute atomic E-state index is 0.0202. The lowest BCUT2D eigenvalue weighted by Crippen LogP contribution is -2.28. The van der Waals surface area contributed by atoms with Crippen molar-refractivity contribution in [3.63, 3.8) is 0 Å². The van der Waals surface area contributed by atoms with Crippen molar-refractivity contribution in [2.45, 2.75) is 31.1 Å². The molecule has 0 radical (unpaired) electrons. The van der Waals surface area contributed by atoms with Gasteiger partial charge in [-0.25, -0.2) is 8.42 Å². The third-order valence-electron chi connectivity index (χ3n) is 3.71. The molecule has 0 N–H and O–H groups in total. The quantitative estimate of drug-likeness (QED) is 0.781. The Kier molecular flexibility index (Phi) is 5.17. The van der Waals surface area contributed by atoms with Crippen LogP contribution in [0.4, 0.5) is 0 Å². The molecule has 1 atom stereocenters. The van der Waals surface area contributed by atoms with E-state index in [0.29, 0.717) is 18.0 Å². The van der Waals surface area contributed by atoms with Gasteiger partial charge in [-0.1, -0.05) is 24.9 Å². The summed E-state index contributed by atoms with van der Waals surface area (Å²) in [6.45, 7) is 3.55. The molecule has 1 heterocycles. The van der Waals surface area contributed by atoms with Crippen molar-refractivity contribution in [3.05, 3.63) is 28.8 Å². The molecule has 1 aliphatic rings. The Balaban J connectivity index is 2.21. The average Bonchev–Trinajstić information content (AvgIpc) is 2.86. The van der Waals surface area contributed by atoms with Gasteiger partial charge in [0.1, 0.15) is 4.90 Å². The first kappa shape index (κ1) is 16.6. The van der Waals surface area contributed by atoms with Crippen LogP contribution in [0, 0.1) is 5.92 Å². The fraction of sp³-hybridized carbons (Fsp3) is 0.500. The Hall–Kier alpha value is -0.780. The zero-order valence-electron chi connectivity index (χ0n) is 11.7. The second-order valence-electron chi connectivity index (χ2n) is 5.28. The lowest BCUT2D eigenvalue weighted by atomic mass is 10.0. The van der Waals surface area contributed by atoms with Crippen LogP contribution in [0.25, 0.3) is 0 Å². The summed E-state index contributed by atoms with van der Waals surface area (Å²) in [4.78, 5) is 14.0. The highest BCUT2D eigenvalue weighted by Crippen LogP contribution is 2.28. The zero-order chi connectivity index (χ0) is 15.6. The summed E-state index contributed by atoms with van der Waals surface area (Å²) in [6, 6.07) is 4.17. The summed E-state index contributed by atoms with van der Waals surface area (Å²) in [5.74, 6) is 0.356. The Morgan fingerprint density at radius 3 is 2.76 bits per heavy atom. The molecule has 4 nitrogen and oxygen atoms in total. The van der Waals surface area contributed by atoms with E-state index in [1.807, 2.05) is 0 Å². The average molecular weight is 350 g/mol. The molecule has 0 aromatic heterocycles. The predicted molar refractivity (Wildman–Crippen MR) is 83.4 cm³/mol. The minimum Gasteiger partial charge on any atom is -0.338 e. The van der Waals surface area contributed by atoms with Gasteiger partial charge in [0, 0.05) is 29.3 Å². The maximum Gasteiger partial charge on any atom is 0.262 e. The Morgan fingerprint density at radius 2 is 2.14 bits per heavy atom. The molecule has 1 fully saturated rings. The first-order valence-electron chi connectivity index (χ1n) is 6.86. The summed E-state index contributed by atoms with van der Waals surface area (Å²) >= 11 is 5.82. The van der Waals surface area contributed by atoms with E-state index < -0.39 is 9.05 Å². The highest BCUT2D eigenvalue weighted by Gasteiger charge is 2.27. The van der Waals surface area contributed by atoms with E-state index in [2.05, 4.69) is 6.92 Å². The summed E-state index contributed by atoms with van der Waals surface area (Å²) < 4.78 is 22.9. The second kappa shape index (κ2) is 6.55. The molecular weight excluding hydrogens is 333 g/mol. The van der Waals surface area contributed by atoms with Gasteiger partial charge in [0.2, 0.25) is 0 Å². The van der Waals surface area contributed by atoms with Crippen molar-refractivity contribution >= 4 is 37.2 Å². The van der Waals surface area contributed by atoms with E-state index in [9.17, 15) is 13.2 Å². The number of carbonyl (C=O) groups excluding carboxylic acids is 1. The zero-order valence-corrected chi connectivity index (χ0v) is 14.0. The van der Waals surface area contributed by atoms with Crippen LogP contribution in [-0.4, -0.2) is 32.3 Å². The number of halogens is 2. The van der Waals surface area contributed by atoms with Gasteiger partial charge < -0.3 is 4.90 Å². The molecule has 0 aliphatic carbocycles. The molecule has 21 heavy (non-hydrogen) atoms. The third-order valence-corrected chi connectivity index (χ3v) is 5.51. The van der Waals surface area contributed by atoms with Crippen LogP contribution < -0.4 is 0 Å². The molecule has 1 saturated heterocycles. The van der Waals surface area contributed by atoms with Crippen LogP contribution >= 0.6 is 22.3 Å². The monoisotopic (exact) mass is 349 g/mol. The molecule has 0 bridgehead atoms. The molecule has 7 heteroatoms. The van der Waals surface area contributed by atoms with Crippen molar-refractivity contribution < 1.29 is 13.2 Å². The molecule has 1 aromatic carbocycles. The maximum absolute atomic E-state index is 12.4. The van der Waals surface area contributed by atoms with Gasteiger partial charge in [-0.05, 0) is 37.0 Å². The highest BCUT2D eigenvalue weighted by molar-refractivity contribution is 8.13. The van der Waals surface area contributed by atoms with E-state index in [4.69, 9.17) is 22.3 Å². The van der Waals surface area contributed by atoms with E-state index in [1.165, 1.54) is 18.2 Å². The predicted octanol–water partition coefficient (Wildman–Crippen LogP) is 3.53. The molecule has 0 spiro atoms. The van der Waals surface area contributed by atoms with E-state index >= 15 is 0 Å². The van der Waals surface area contributed by atoms with Crippen LogP contribution in [0.5, 0.6) is 0 Å². The molecule has 116 valence electrons. The third kappa shape index (κ3) is 3.90. The van der Waals surface area contributed by atoms with Crippen LogP contribution in [0.1, 0.15) is 36.5 Å². The fourth-order valence-electron chi connectivity index (χ4n) is 2.67.